The Labute approximate surface area is 235 Å². The first-order valence-corrected chi connectivity index (χ1v) is 15.6. The Balaban J connectivity index is 2.10. The van der Waals surface area contributed by atoms with Crippen LogP contribution >= 0.6 is 8.60 Å². The van der Waals surface area contributed by atoms with Gasteiger partial charge in [0.15, 0.2) is 0 Å². The van der Waals surface area contributed by atoms with Crippen LogP contribution in [0.15, 0.2) is 36.4 Å². The Bertz CT molecular complexity index is 993. The van der Waals surface area contributed by atoms with E-state index in [0.29, 0.717) is 0 Å². The summed E-state index contributed by atoms with van der Waals surface area (Å²) >= 11 is 0. The fourth-order valence-corrected chi connectivity index (χ4v) is 6.73. The van der Waals surface area contributed by atoms with Gasteiger partial charge in [-0.1, -0.05) is 127 Å². The molecule has 0 N–H and O–H groups in total. The molecule has 1 aliphatic rings. The van der Waals surface area contributed by atoms with E-state index in [1.54, 1.807) is 0 Å². The van der Waals surface area contributed by atoms with Gasteiger partial charge in [-0.25, -0.2) is 0 Å². The number of benzene rings is 2. The Morgan fingerprint density at radius 3 is 1.29 bits per heavy atom. The molecule has 3 nitrogen and oxygen atoms in total. The summed E-state index contributed by atoms with van der Waals surface area (Å²) in [7, 11) is -1.66. The van der Waals surface area contributed by atoms with Crippen LogP contribution in [-0.4, -0.2) is 6.10 Å². The molecule has 0 spiro atoms. The van der Waals surface area contributed by atoms with Gasteiger partial charge < -0.3 is 9.05 Å². The highest BCUT2D eigenvalue weighted by molar-refractivity contribution is 7.42. The minimum absolute atomic E-state index is 0.00370. The van der Waals surface area contributed by atoms with Crippen LogP contribution in [0.1, 0.15) is 137 Å². The van der Waals surface area contributed by atoms with Crippen molar-refractivity contribution in [2.45, 2.75) is 143 Å². The maximum atomic E-state index is 6.83. The summed E-state index contributed by atoms with van der Waals surface area (Å²) in [5.41, 5.74) is 4.89. The van der Waals surface area contributed by atoms with E-state index in [0.717, 1.165) is 24.3 Å². The second-order valence-corrected chi connectivity index (χ2v) is 16.2. The Morgan fingerprint density at radius 1 is 0.553 bits per heavy atom. The first-order valence-electron chi connectivity index (χ1n) is 14.5. The largest absolute Gasteiger partial charge is 0.463 e. The van der Waals surface area contributed by atoms with Crippen molar-refractivity contribution < 1.29 is 13.6 Å². The quantitative estimate of drug-likeness (QED) is 0.341. The molecule has 0 bridgehead atoms. The Hall–Kier alpha value is -1.57. The molecule has 212 valence electrons. The SMILES string of the molecule is CC(C)(C)c1cccc(OP(Oc2cccc(C(C)(C)C)c2C(C)(C)C)OC2CCCCC2)c1C(C)(C)C. The van der Waals surface area contributed by atoms with Gasteiger partial charge in [-0.15, -0.1) is 0 Å². The highest BCUT2D eigenvalue weighted by Gasteiger charge is 2.34. The van der Waals surface area contributed by atoms with Crippen LogP contribution < -0.4 is 9.05 Å². The lowest BCUT2D eigenvalue weighted by Gasteiger charge is -2.34. The van der Waals surface area contributed by atoms with E-state index >= 15 is 0 Å². The summed E-state index contributed by atoms with van der Waals surface area (Å²) in [6.45, 7) is 27.2. The molecule has 0 unspecified atom stereocenters. The molecule has 0 aromatic heterocycles. The predicted octanol–water partition coefficient (Wildman–Crippen LogP) is 10.9. The molecule has 0 amide bonds. The van der Waals surface area contributed by atoms with Gasteiger partial charge in [-0.3, -0.25) is 4.52 Å². The first kappa shape index (κ1) is 31.0. The van der Waals surface area contributed by atoms with Crippen LogP contribution in [0, 0.1) is 0 Å². The molecule has 2 aromatic rings. The highest BCUT2D eigenvalue weighted by atomic mass is 31.2. The third kappa shape index (κ3) is 7.76. The molecule has 2 aromatic carbocycles. The van der Waals surface area contributed by atoms with Gasteiger partial charge in [-0.05, 0) is 57.8 Å². The van der Waals surface area contributed by atoms with Crippen LogP contribution in [0.25, 0.3) is 0 Å². The zero-order valence-electron chi connectivity index (χ0n) is 26.2. The first-order chi connectivity index (χ1) is 17.4. The van der Waals surface area contributed by atoms with E-state index in [1.165, 1.54) is 41.5 Å². The smallest absolute Gasteiger partial charge is 0.417 e. The summed E-state index contributed by atoms with van der Waals surface area (Å²) in [6, 6.07) is 12.9. The maximum absolute atomic E-state index is 6.83. The molecule has 3 rings (SSSR count). The second-order valence-electron chi connectivity index (χ2n) is 15.1. The van der Waals surface area contributed by atoms with Crippen molar-refractivity contribution in [3.05, 3.63) is 58.7 Å². The molecule has 1 aliphatic carbocycles. The summed E-state index contributed by atoms with van der Waals surface area (Å²) in [5, 5.41) is 0. The van der Waals surface area contributed by atoms with Gasteiger partial charge in [0.2, 0.25) is 0 Å². The van der Waals surface area contributed by atoms with Crippen molar-refractivity contribution in [3.63, 3.8) is 0 Å². The van der Waals surface area contributed by atoms with Crippen LogP contribution in [0.3, 0.4) is 0 Å². The zero-order chi connectivity index (χ0) is 28.5. The number of hydrogen-bond donors (Lipinski definition) is 0. The summed E-state index contributed by atoms with van der Waals surface area (Å²) in [5.74, 6) is 1.74. The lowest BCUT2D eigenvalue weighted by Crippen LogP contribution is -2.24. The average molecular weight is 541 g/mol. The van der Waals surface area contributed by atoms with E-state index in [1.807, 2.05) is 0 Å². The maximum Gasteiger partial charge on any atom is 0.463 e. The Morgan fingerprint density at radius 2 is 0.947 bits per heavy atom. The Kier molecular flexibility index (Phi) is 9.37. The van der Waals surface area contributed by atoms with Crippen molar-refractivity contribution in [2.24, 2.45) is 0 Å². The zero-order valence-corrected chi connectivity index (χ0v) is 27.1. The van der Waals surface area contributed by atoms with Gasteiger partial charge in [0.1, 0.15) is 11.5 Å². The van der Waals surface area contributed by atoms with Crippen LogP contribution in [0.4, 0.5) is 0 Å². The van der Waals surface area contributed by atoms with E-state index in [2.05, 4.69) is 119 Å². The fraction of sp³-hybridized carbons (Fsp3) is 0.647. The topological polar surface area (TPSA) is 27.7 Å². The monoisotopic (exact) mass is 540 g/mol. The average Bonchev–Trinajstić information content (AvgIpc) is 2.77. The third-order valence-corrected chi connectivity index (χ3v) is 8.46. The fourth-order valence-electron chi connectivity index (χ4n) is 5.53. The normalized spacial score (nSPS) is 16.1. The molecule has 0 saturated heterocycles. The van der Waals surface area contributed by atoms with E-state index in [9.17, 15) is 0 Å². The number of rotatable bonds is 6. The molecule has 0 heterocycles. The molecular weight excluding hydrogens is 487 g/mol. The van der Waals surface area contributed by atoms with E-state index < -0.39 is 8.60 Å². The van der Waals surface area contributed by atoms with E-state index in [-0.39, 0.29) is 27.8 Å². The lowest BCUT2D eigenvalue weighted by atomic mass is 9.75. The molecule has 1 saturated carbocycles. The molecular formula is C34H53O3P. The van der Waals surface area contributed by atoms with Crippen molar-refractivity contribution in [2.75, 3.05) is 0 Å². The lowest BCUT2D eigenvalue weighted by molar-refractivity contribution is 0.138. The van der Waals surface area contributed by atoms with Crippen molar-refractivity contribution in [3.8, 4) is 11.5 Å². The second kappa shape index (κ2) is 11.5. The van der Waals surface area contributed by atoms with Gasteiger partial charge in [0.05, 0.1) is 6.10 Å². The third-order valence-electron chi connectivity index (χ3n) is 7.30. The van der Waals surface area contributed by atoms with Crippen molar-refractivity contribution >= 4 is 8.60 Å². The van der Waals surface area contributed by atoms with Crippen LogP contribution in [-0.2, 0) is 26.2 Å². The van der Waals surface area contributed by atoms with Crippen LogP contribution in [0.2, 0.25) is 0 Å². The van der Waals surface area contributed by atoms with Gasteiger partial charge >= 0.3 is 8.60 Å². The van der Waals surface area contributed by atoms with E-state index in [4.69, 9.17) is 13.6 Å². The summed E-state index contributed by atoms with van der Waals surface area (Å²) < 4.78 is 20.4. The molecule has 38 heavy (non-hydrogen) atoms. The summed E-state index contributed by atoms with van der Waals surface area (Å²) in [4.78, 5) is 0. The molecule has 0 aliphatic heterocycles. The molecule has 0 radical (unpaired) electrons. The van der Waals surface area contributed by atoms with Crippen molar-refractivity contribution in [1.29, 1.82) is 0 Å². The van der Waals surface area contributed by atoms with Gasteiger partial charge in [0, 0.05) is 11.1 Å². The van der Waals surface area contributed by atoms with Gasteiger partial charge in [-0.2, -0.15) is 0 Å². The standard InChI is InChI=1S/C34H53O3P/c1-31(2,3)25-20-16-22-27(29(25)33(7,8)9)36-38(35-24-18-14-13-15-19-24)37-28-23-17-21-26(32(4,5)6)30(28)34(10,11)12/h16-17,20-24H,13-15,18-19H2,1-12H3. The summed E-state index contributed by atoms with van der Waals surface area (Å²) in [6.07, 6.45) is 5.98. The number of hydrogen-bond acceptors (Lipinski definition) is 3. The highest BCUT2D eigenvalue weighted by Crippen LogP contribution is 2.51. The van der Waals surface area contributed by atoms with Crippen LogP contribution in [0.5, 0.6) is 11.5 Å². The van der Waals surface area contributed by atoms with Crippen molar-refractivity contribution in [1.82, 2.24) is 0 Å². The molecule has 4 heteroatoms. The molecule has 0 atom stereocenters. The predicted molar refractivity (Wildman–Crippen MR) is 164 cm³/mol. The minimum atomic E-state index is -1.66. The van der Waals surface area contributed by atoms with Gasteiger partial charge in [0.25, 0.3) is 0 Å². The molecule has 1 fully saturated rings. The minimum Gasteiger partial charge on any atom is -0.417 e.